The molecule has 0 aromatic heterocycles. The monoisotopic (exact) mass is 340 g/mol. The zero-order valence-corrected chi connectivity index (χ0v) is 13.5. The summed E-state index contributed by atoms with van der Waals surface area (Å²) in [5.74, 6) is 1.60. The van der Waals surface area contributed by atoms with Crippen LogP contribution in [0.1, 0.15) is 18.4 Å². The molecule has 23 heavy (non-hydrogen) atoms. The summed E-state index contributed by atoms with van der Waals surface area (Å²) in [4.78, 5) is 11.8. The van der Waals surface area contributed by atoms with Crippen molar-refractivity contribution in [3.63, 3.8) is 0 Å². The van der Waals surface area contributed by atoms with Crippen LogP contribution >= 0.6 is 0 Å². The van der Waals surface area contributed by atoms with Gasteiger partial charge in [-0.1, -0.05) is 6.07 Å². The molecule has 0 saturated carbocycles. The number of amides is 1. The molecular weight excluding hydrogens is 320 g/mol. The number of rotatable bonds is 6. The molecule has 0 radical (unpaired) electrons. The van der Waals surface area contributed by atoms with Gasteiger partial charge >= 0.3 is 0 Å². The van der Waals surface area contributed by atoms with Gasteiger partial charge in [0.1, 0.15) is 0 Å². The molecule has 3 rings (SSSR count). The Kier molecular flexibility index (Phi) is 4.72. The van der Waals surface area contributed by atoms with E-state index in [1.54, 1.807) is 0 Å². The number of nitrogens with one attached hydrogen (secondary N) is 2. The molecule has 1 aromatic carbocycles. The third-order valence-corrected chi connectivity index (χ3v) is 5.66. The van der Waals surface area contributed by atoms with Gasteiger partial charge in [-0.15, -0.1) is 0 Å². The van der Waals surface area contributed by atoms with Crippen LogP contribution in [-0.4, -0.2) is 45.2 Å². The highest BCUT2D eigenvalue weighted by atomic mass is 32.2. The second-order valence-corrected chi connectivity index (χ2v) is 8.01. The molecule has 1 fully saturated rings. The van der Waals surface area contributed by atoms with Crippen molar-refractivity contribution in [1.82, 2.24) is 10.6 Å². The molecule has 2 aliphatic rings. The SMILES string of the molecule is O=C(CCNCc1ccc2c(c1)OCO2)NC1CCS(=O)(=O)C1. The first kappa shape index (κ1) is 16.1. The molecule has 8 heteroatoms. The van der Waals surface area contributed by atoms with Crippen LogP contribution in [0, 0.1) is 0 Å². The molecule has 2 aliphatic heterocycles. The van der Waals surface area contributed by atoms with Gasteiger partial charge in [0.15, 0.2) is 21.3 Å². The number of fused-ring (bicyclic) bond motifs is 1. The van der Waals surface area contributed by atoms with Crippen LogP contribution in [0.3, 0.4) is 0 Å². The van der Waals surface area contributed by atoms with Gasteiger partial charge < -0.3 is 20.1 Å². The van der Waals surface area contributed by atoms with E-state index in [1.165, 1.54) is 0 Å². The summed E-state index contributed by atoms with van der Waals surface area (Å²) in [6, 6.07) is 5.50. The Balaban J connectivity index is 1.36. The van der Waals surface area contributed by atoms with Crippen molar-refractivity contribution in [3.05, 3.63) is 23.8 Å². The van der Waals surface area contributed by atoms with E-state index in [4.69, 9.17) is 9.47 Å². The quantitative estimate of drug-likeness (QED) is 0.719. The van der Waals surface area contributed by atoms with Crippen molar-refractivity contribution in [2.45, 2.75) is 25.4 Å². The fourth-order valence-electron chi connectivity index (χ4n) is 2.69. The van der Waals surface area contributed by atoms with E-state index in [0.717, 1.165) is 17.1 Å². The highest BCUT2D eigenvalue weighted by Gasteiger charge is 2.28. The van der Waals surface area contributed by atoms with E-state index in [0.29, 0.717) is 25.9 Å². The summed E-state index contributed by atoms with van der Waals surface area (Å²) in [6.45, 7) is 1.41. The van der Waals surface area contributed by atoms with Crippen LogP contribution in [0.4, 0.5) is 0 Å². The van der Waals surface area contributed by atoms with Gasteiger partial charge in [0.05, 0.1) is 11.5 Å². The molecule has 0 bridgehead atoms. The maximum absolute atomic E-state index is 11.8. The number of carbonyl (C=O) groups is 1. The first-order chi connectivity index (χ1) is 11.0. The average Bonchev–Trinajstić information content (AvgIpc) is 3.09. The Hall–Kier alpha value is -1.80. The van der Waals surface area contributed by atoms with Crippen LogP contribution in [0.25, 0.3) is 0 Å². The smallest absolute Gasteiger partial charge is 0.231 e. The summed E-state index contributed by atoms with van der Waals surface area (Å²) >= 11 is 0. The van der Waals surface area contributed by atoms with Gasteiger partial charge in [-0.05, 0) is 24.1 Å². The molecule has 1 aromatic rings. The number of carbonyl (C=O) groups excluding carboxylic acids is 1. The predicted octanol–water partition coefficient (Wildman–Crippen LogP) is 0.198. The highest BCUT2D eigenvalue weighted by molar-refractivity contribution is 7.91. The van der Waals surface area contributed by atoms with Crippen LogP contribution in [0.5, 0.6) is 11.5 Å². The van der Waals surface area contributed by atoms with Gasteiger partial charge in [0.2, 0.25) is 12.7 Å². The Morgan fingerprint density at radius 1 is 1.26 bits per heavy atom. The number of sulfone groups is 1. The third-order valence-electron chi connectivity index (χ3n) is 3.89. The number of ether oxygens (including phenoxy) is 2. The van der Waals surface area contributed by atoms with E-state index in [1.807, 2.05) is 18.2 Å². The fourth-order valence-corrected chi connectivity index (χ4v) is 4.37. The van der Waals surface area contributed by atoms with Crippen LogP contribution < -0.4 is 20.1 Å². The largest absolute Gasteiger partial charge is 0.454 e. The minimum absolute atomic E-state index is 0.0589. The molecule has 1 atom stereocenters. The minimum atomic E-state index is -2.96. The summed E-state index contributed by atoms with van der Waals surface area (Å²) in [5.41, 5.74) is 1.05. The zero-order valence-electron chi connectivity index (χ0n) is 12.7. The van der Waals surface area contributed by atoms with E-state index in [9.17, 15) is 13.2 Å². The molecule has 1 saturated heterocycles. The van der Waals surface area contributed by atoms with Gasteiger partial charge in [0, 0.05) is 25.6 Å². The minimum Gasteiger partial charge on any atom is -0.454 e. The third kappa shape index (κ3) is 4.35. The number of benzene rings is 1. The molecule has 1 unspecified atom stereocenters. The second kappa shape index (κ2) is 6.76. The topological polar surface area (TPSA) is 93.7 Å². The molecule has 2 heterocycles. The standard InChI is InChI=1S/C15H20N2O5S/c18-15(17-12-4-6-23(19,20)9-12)3-5-16-8-11-1-2-13-14(7-11)22-10-21-13/h1-2,7,12,16H,3-6,8-10H2,(H,17,18). The lowest BCUT2D eigenvalue weighted by Crippen LogP contribution is -2.37. The molecule has 0 aliphatic carbocycles. The maximum Gasteiger partial charge on any atom is 0.231 e. The summed E-state index contributed by atoms with van der Waals surface area (Å²) in [6.07, 6.45) is 0.833. The molecule has 0 spiro atoms. The first-order valence-electron chi connectivity index (χ1n) is 7.61. The highest BCUT2D eigenvalue weighted by Crippen LogP contribution is 2.32. The Morgan fingerprint density at radius 2 is 2.09 bits per heavy atom. The lowest BCUT2D eigenvalue weighted by Gasteiger charge is -2.11. The zero-order chi connectivity index (χ0) is 16.3. The van der Waals surface area contributed by atoms with Crippen molar-refractivity contribution in [2.24, 2.45) is 0 Å². The normalized spacial score (nSPS) is 21.3. The van der Waals surface area contributed by atoms with E-state index in [-0.39, 0.29) is 30.2 Å². The molecule has 126 valence electrons. The molecular formula is C15H20N2O5S. The van der Waals surface area contributed by atoms with E-state index >= 15 is 0 Å². The van der Waals surface area contributed by atoms with Crippen LogP contribution in [0.15, 0.2) is 18.2 Å². The van der Waals surface area contributed by atoms with Gasteiger partial charge in [0.25, 0.3) is 0 Å². The lowest BCUT2D eigenvalue weighted by atomic mass is 10.2. The summed E-state index contributed by atoms with van der Waals surface area (Å²) in [5, 5.41) is 5.96. The van der Waals surface area contributed by atoms with Crippen molar-refractivity contribution in [1.29, 1.82) is 0 Å². The Bertz CT molecular complexity index is 689. The van der Waals surface area contributed by atoms with Crippen molar-refractivity contribution >= 4 is 15.7 Å². The number of hydrogen-bond acceptors (Lipinski definition) is 6. The van der Waals surface area contributed by atoms with Crippen molar-refractivity contribution < 1.29 is 22.7 Å². The van der Waals surface area contributed by atoms with Crippen molar-refractivity contribution in [2.75, 3.05) is 24.8 Å². The Morgan fingerprint density at radius 3 is 2.87 bits per heavy atom. The molecule has 1 amide bonds. The average molecular weight is 340 g/mol. The predicted molar refractivity (Wildman–Crippen MR) is 84.1 cm³/mol. The maximum atomic E-state index is 11.8. The van der Waals surface area contributed by atoms with Crippen LogP contribution in [-0.2, 0) is 21.2 Å². The van der Waals surface area contributed by atoms with Crippen molar-refractivity contribution in [3.8, 4) is 11.5 Å². The Labute approximate surface area is 135 Å². The molecule has 7 nitrogen and oxygen atoms in total. The van der Waals surface area contributed by atoms with E-state index < -0.39 is 9.84 Å². The van der Waals surface area contributed by atoms with Crippen LogP contribution in [0.2, 0.25) is 0 Å². The van der Waals surface area contributed by atoms with Gasteiger partial charge in [-0.2, -0.15) is 0 Å². The first-order valence-corrected chi connectivity index (χ1v) is 9.43. The van der Waals surface area contributed by atoms with Gasteiger partial charge in [-0.25, -0.2) is 8.42 Å². The summed E-state index contributed by atoms with van der Waals surface area (Å²) in [7, 11) is -2.96. The fraction of sp³-hybridized carbons (Fsp3) is 0.533. The second-order valence-electron chi connectivity index (χ2n) is 5.78. The molecule has 2 N–H and O–H groups in total. The lowest BCUT2D eigenvalue weighted by molar-refractivity contribution is -0.121. The van der Waals surface area contributed by atoms with Gasteiger partial charge in [-0.3, -0.25) is 4.79 Å². The van der Waals surface area contributed by atoms with E-state index in [2.05, 4.69) is 10.6 Å². The summed E-state index contributed by atoms with van der Waals surface area (Å²) < 4.78 is 33.2. The number of hydrogen-bond donors (Lipinski definition) is 2.